The minimum absolute atomic E-state index is 0.138. The number of imidazole rings is 1. The molecule has 0 atom stereocenters. The molecule has 2 aliphatic heterocycles. The Labute approximate surface area is 208 Å². The van der Waals surface area contributed by atoms with Gasteiger partial charge in [-0.3, -0.25) is 14.7 Å². The lowest BCUT2D eigenvalue weighted by Gasteiger charge is -2.37. The van der Waals surface area contributed by atoms with E-state index in [0.29, 0.717) is 5.91 Å². The number of hydrogen-bond acceptors (Lipinski definition) is 7. The standard InChI is InChI=1S/C26H29N7OS/c34-26(19-6-13-31(14-7-19)18-23-28-12-17-35-23)32-15-8-20(9-16-32)33-24-22(5-3-11-29-24)30-25(33)21-4-1-2-10-27-21/h1-5,10-12,17,19-20H,6-9,13-16,18H2. The summed E-state index contributed by atoms with van der Waals surface area (Å²) in [5.41, 5.74) is 2.63. The average molecular weight is 488 g/mol. The van der Waals surface area contributed by atoms with Crippen molar-refractivity contribution in [1.82, 2.24) is 34.3 Å². The lowest BCUT2D eigenvalue weighted by atomic mass is 9.93. The van der Waals surface area contributed by atoms with Crippen molar-refractivity contribution in [1.29, 1.82) is 0 Å². The fourth-order valence-electron chi connectivity index (χ4n) is 5.41. The van der Waals surface area contributed by atoms with Gasteiger partial charge in [-0.15, -0.1) is 11.3 Å². The van der Waals surface area contributed by atoms with E-state index < -0.39 is 0 Å². The summed E-state index contributed by atoms with van der Waals surface area (Å²) >= 11 is 1.70. The Hall–Kier alpha value is -3.17. The maximum atomic E-state index is 13.3. The predicted octanol–water partition coefficient (Wildman–Crippen LogP) is 4.03. The SMILES string of the molecule is O=C(C1CCN(Cc2nccs2)CC1)N1CCC(n2c(-c3ccccn3)nc3cccnc32)CC1. The molecule has 4 aromatic heterocycles. The Morgan fingerprint density at radius 1 is 0.914 bits per heavy atom. The minimum atomic E-state index is 0.138. The fourth-order valence-corrected chi connectivity index (χ4v) is 6.07. The van der Waals surface area contributed by atoms with E-state index in [1.807, 2.05) is 48.1 Å². The number of amides is 1. The number of thiazole rings is 1. The van der Waals surface area contributed by atoms with E-state index in [1.54, 1.807) is 17.5 Å². The molecule has 9 heteroatoms. The fraction of sp³-hybridized carbons (Fsp3) is 0.423. The first-order chi connectivity index (χ1) is 17.3. The molecule has 6 heterocycles. The Bertz CT molecular complexity index is 1270. The molecule has 6 rings (SSSR count). The van der Waals surface area contributed by atoms with Gasteiger partial charge < -0.3 is 9.47 Å². The maximum absolute atomic E-state index is 13.3. The molecule has 0 spiro atoms. The molecule has 0 saturated carbocycles. The van der Waals surface area contributed by atoms with Gasteiger partial charge in [0.25, 0.3) is 0 Å². The van der Waals surface area contributed by atoms with Crippen LogP contribution in [-0.4, -0.2) is 66.4 Å². The van der Waals surface area contributed by atoms with Crippen LogP contribution in [0.5, 0.6) is 0 Å². The highest BCUT2D eigenvalue weighted by Gasteiger charge is 2.32. The van der Waals surface area contributed by atoms with Crippen molar-refractivity contribution in [3.8, 4) is 11.5 Å². The highest BCUT2D eigenvalue weighted by atomic mass is 32.1. The molecule has 0 radical (unpaired) electrons. The van der Waals surface area contributed by atoms with Crippen molar-refractivity contribution < 1.29 is 4.79 Å². The van der Waals surface area contributed by atoms with Gasteiger partial charge in [-0.2, -0.15) is 0 Å². The summed E-state index contributed by atoms with van der Waals surface area (Å²) in [7, 11) is 0. The molecular formula is C26H29N7OS. The molecule has 180 valence electrons. The van der Waals surface area contributed by atoms with Crippen molar-refractivity contribution in [3.05, 3.63) is 59.3 Å². The van der Waals surface area contributed by atoms with Crippen LogP contribution in [0, 0.1) is 5.92 Å². The molecule has 0 unspecified atom stereocenters. The van der Waals surface area contributed by atoms with Gasteiger partial charge in [-0.05, 0) is 63.0 Å². The van der Waals surface area contributed by atoms with Gasteiger partial charge in [0.15, 0.2) is 11.5 Å². The van der Waals surface area contributed by atoms with Crippen molar-refractivity contribution in [2.24, 2.45) is 5.92 Å². The molecule has 2 fully saturated rings. The first kappa shape index (κ1) is 22.3. The predicted molar refractivity (Wildman–Crippen MR) is 136 cm³/mol. The number of hydrogen-bond donors (Lipinski definition) is 0. The molecule has 0 aliphatic carbocycles. The number of aromatic nitrogens is 5. The maximum Gasteiger partial charge on any atom is 0.225 e. The minimum Gasteiger partial charge on any atom is -0.342 e. The summed E-state index contributed by atoms with van der Waals surface area (Å²) in [5.74, 6) is 1.33. The number of fused-ring (bicyclic) bond motifs is 1. The second kappa shape index (κ2) is 9.83. The van der Waals surface area contributed by atoms with E-state index >= 15 is 0 Å². The van der Waals surface area contributed by atoms with Crippen molar-refractivity contribution in [2.45, 2.75) is 38.3 Å². The molecule has 2 saturated heterocycles. The van der Waals surface area contributed by atoms with Gasteiger partial charge in [-0.25, -0.2) is 15.0 Å². The monoisotopic (exact) mass is 487 g/mol. The van der Waals surface area contributed by atoms with E-state index in [1.165, 1.54) is 0 Å². The number of carbonyl (C=O) groups excluding carboxylic acids is 1. The first-order valence-corrected chi connectivity index (χ1v) is 13.3. The summed E-state index contributed by atoms with van der Waals surface area (Å²) in [4.78, 5) is 36.3. The summed E-state index contributed by atoms with van der Waals surface area (Å²) in [6.07, 6.45) is 9.15. The molecule has 0 N–H and O–H groups in total. The number of pyridine rings is 2. The molecule has 0 bridgehead atoms. The smallest absolute Gasteiger partial charge is 0.225 e. The molecule has 1 amide bonds. The molecular weight excluding hydrogens is 458 g/mol. The van der Waals surface area contributed by atoms with E-state index in [0.717, 1.165) is 86.1 Å². The van der Waals surface area contributed by atoms with E-state index in [-0.39, 0.29) is 12.0 Å². The van der Waals surface area contributed by atoms with Gasteiger partial charge in [0.05, 0.1) is 6.54 Å². The zero-order chi connectivity index (χ0) is 23.6. The quantitative estimate of drug-likeness (QED) is 0.423. The lowest BCUT2D eigenvalue weighted by molar-refractivity contribution is -0.138. The summed E-state index contributed by atoms with van der Waals surface area (Å²) in [5, 5.41) is 3.18. The summed E-state index contributed by atoms with van der Waals surface area (Å²) in [6.45, 7) is 4.38. The third-order valence-corrected chi connectivity index (χ3v) is 8.03. The van der Waals surface area contributed by atoms with Crippen LogP contribution in [0.4, 0.5) is 0 Å². The van der Waals surface area contributed by atoms with Crippen LogP contribution in [0.25, 0.3) is 22.7 Å². The van der Waals surface area contributed by atoms with E-state index in [2.05, 4.69) is 29.3 Å². The molecule has 0 aromatic carbocycles. The molecule has 8 nitrogen and oxygen atoms in total. The lowest BCUT2D eigenvalue weighted by Crippen LogP contribution is -2.45. The second-order valence-electron chi connectivity index (χ2n) is 9.40. The third-order valence-electron chi connectivity index (χ3n) is 7.26. The highest BCUT2D eigenvalue weighted by molar-refractivity contribution is 7.09. The van der Waals surface area contributed by atoms with Crippen LogP contribution >= 0.6 is 11.3 Å². The van der Waals surface area contributed by atoms with Crippen molar-refractivity contribution in [2.75, 3.05) is 26.2 Å². The van der Waals surface area contributed by atoms with Crippen LogP contribution in [0.2, 0.25) is 0 Å². The van der Waals surface area contributed by atoms with Gasteiger partial charge in [-0.1, -0.05) is 6.07 Å². The number of piperidine rings is 2. The van der Waals surface area contributed by atoms with Crippen LogP contribution in [0.3, 0.4) is 0 Å². The Morgan fingerprint density at radius 3 is 2.49 bits per heavy atom. The Kier molecular flexibility index (Phi) is 6.26. The van der Waals surface area contributed by atoms with Crippen LogP contribution in [-0.2, 0) is 11.3 Å². The van der Waals surface area contributed by atoms with Crippen LogP contribution in [0.15, 0.2) is 54.3 Å². The van der Waals surface area contributed by atoms with Crippen molar-refractivity contribution in [3.63, 3.8) is 0 Å². The van der Waals surface area contributed by atoms with Gasteiger partial charge >= 0.3 is 0 Å². The van der Waals surface area contributed by atoms with E-state index in [4.69, 9.17) is 4.98 Å². The number of likely N-dealkylation sites (tertiary alicyclic amines) is 2. The number of nitrogens with zero attached hydrogens (tertiary/aromatic N) is 7. The largest absolute Gasteiger partial charge is 0.342 e. The molecule has 2 aliphatic rings. The van der Waals surface area contributed by atoms with E-state index in [9.17, 15) is 4.79 Å². The summed E-state index contributed by atoms with van der Waals surface area (Å²) in [6, 6.07) is 10.1. The second-order valence-corrected chi connectivity index (χ2v) is 10.4. The Balaban J connectivity index is 1.12. The Morgan fingerprint density at radius 2 is 1.74 bits per heavy atom. The highest BCUT2D eigenvalue weighted by Crippen LogP contribution is 2.33. The topological polar surface area (TPSA) is 80.0 Å². The first-order valence-electron chi connectivity index (χ1n) is 12.4. The average Bonchev–Trinajstić information content (AvgIpc) is 3.57. The number of rotatable bonds is 5. The zero-order valence-corrected chi connectivity index (χ0v) is 20.5. The summed E-state index contributed by atoms with van der Waals surface area (Å²) < 4.78 is 2.25. The molecule has 35 heavy (non-hydrogen) atoms. The third kappa shape index (κ3) is 4.58. The number of carbonyl (C=O) groups is 1. The zero-order valence-electron chi connectivity index (χ0n) is 19.7. The van der Waals surface area contributed by atoms with Gasteiger partial charge in [0.1, 0.15) is 16.2 Å². The van der Waals surface area contributed by atoms with Crippen LogP contribution < -0.4 is 0 Å². The molecule has 4 aromatic rings. The van der Waals surface area contributed by atoms with Crippen LogP contribution in [0.1, 0.15) is 36.7 Å². The van der Waals surface area contributed by atoms with Crippen molar-refractivity contribution >= 4 is 28.4 Å². The van der Waals surface area contributed by atoms with Gasteiger partial charge in [0.2, 0.25) is 5.91 Å². The normalized spacial score (nSPS) is 18.3. The van der Waals surface area contributed by atoms with Gasteiger partial charge in [0, 0.05) is 49.0 Å².